The maximum atomic E-state index is 12.9. The largest absolute Gasteiger partial charge is 0.435 e. The van der Waals surface area contributed by atoms with Crippen LogP contribution in [0.25, 0.3) is 0 Å². The SMILES string of the molecule is CCS(=O)(=O)Oc1cccc2c1COC(c1csc(C3CCN(C(=O)Cn4nc(C(F)(F)F)cc4C)CC3)n1)OC2. The molecule has 222 valence electrons. The molecule has 2 aliphatic heterocycles. The maximum absolute atomic E-state index is 12.9. The van der Waals surface area contributed by atoms with Crippen LogP contribution in [0.4, 0.5) is 13.2 Å². The van der Waals surface area contributed by atoms with Crippen LogP contribution >= 0.6 is 11.3 Å². The predicted molar refractivity (Wildman–Crippen MR) is 141 cm³/mol. The number of piperidine rings is 1. The van der Waals surface area contributed by atoms with Crippen LogP contribution in [0.2, 0.25) is 0 Å². The molecule has 0 spiro atoms. The fraction of sp³-hybridized carbons (Fsp3) is 0.500. The van der Waals surface area contributed by atoms with Crippen molar-refractivity contribution in [1.29, 1.82) is 0 Å². The molecule has 0 bridgehead atoms. The molecule has 0 saturated carbocycles. The predicted octanol–water partition coefficient (Wildman–Crippen LogP) is 4.55. The number of alkyl halides is 3. The van der Waals surface area contributed by atoms with E-state index in [0.717, 1.165) is 21.3 Å². The summed E-state index contributed by atoms with van der Waals surface area (Å²) >= 11 is 1.47. The normalized spacial score (nSPS) is 18.7. The third-order valence-corrected chi connectivity index (χ3v) is 9.27. The molecular formula is C26H29F3N4O6S2. The van der Waals surface area contributed by atoms with Crippen LogP contribution in [0.1, 0.15) is 65.2 Å². The Hall–Kier alpha value is -3.01. The van der Waals surface area contributed by atoms with Gasteiger partial charge in [-0.25, -0.2) is 4.98 Å². The van der Waals surface area contributed by atoms with Crippen molar-refractivity contribution < 1.29 is 40.0 Å². The minimum Gasteiger partial charge on any atom is -0.382 e. The highest BCUT2D eigenvalue weighted by Crippen LogP contribution is 2.36. The van der Waals surface area contributed by atoms with Crippen molar-refractivity contribution in [3.05, 3.63) is 62.9 Å². The van der Waals surface area contributed by atoms with Gasteiger partial charge in [-0.05, 0) is 44.4 Å². The van der Waals surface area contributed by atoms with Crippen LogP contribution in [-0.4, -0.2) is 52.8 Å². The van der Waals surface area contributed by atoms with E-state index in [-0.39, 0.29) is 48.8 Å². The van der Waals surface area contributed by atoms with E-state index in [1.54, 1.807) is 17.0 Å². The number of ether oxygens (including phenoxy) is 2. The van der Waals surface area contributed by atoms with Crippen molar-refractivity contribution in [2.75, 3.05) is 18.8 Å². The van der Waals surface area contributed by atoms with Gasteiger partial charge in [-0.2, -0.15) is 26.7 Å². The van der Waals surface area contributed by atoms with Gasteiger partial charge in [-0.3, -0.25) is 9.48 Å². The molecule has 5 rings (SSSR count). The van der Waals surface area contributed by atoms with Gasteiger partial charge in [-0.1, -0.05) is 12.1 Å². The summed E-state index contributed by atoms with van der Waals surface area (Å²) in [6.07, 6.45) is -3.98. The van der Waals surface area contributed by atoms with Gasteiger partial charge in [0.2, 0.25) is 12.2 Å². The van der Waals surface area contributed by atoms with Crippen molar-refractivity contribution >= 4 is 27.4 Å². The minimum absolute atomic E-state index is 0.0863. The van der Waals surface area contributed by atoms with Crippen LogP contribution in [-0.2, 0) is 50.3 Å². The number of halogens is 3. The first-order chi connectivity index (χ1) is 19.4. The Balaban J connectivity index is 1.17. The molecule has 0 radical (unpaired) electrons. The second kappa shape index (κ2) is 11.7. The van der Waals surface area contributed by atoms with Crippen LogP contribution in [0.5, 0.6) is 5.75 Å². The zero-order valence-corrected chi connectivity index (χ0v) is 24.0. The van der Waals surface area contributed by atoms with Crippen molar-refractivity contribution in [2.45, 2.75) is 64.8 Å². The molecule has 15 heteroatoms. The molecule has 4 heterocycles. The van der Waals surface area contributed by atoms with E-state index < -0.39 is 28.3 Å². The van der Waals surface area contributed by atoms with Crippen molar-refractivity contribution in [1.82, 2.24) is 19.7 Å². The van der Waals surface area contributed by atoms with E-state index >= 15 is 0 Å². The standard InChI is InChI=1S/C26H29F3N4O6S2/c1-3-41(35,36)39-21-6-4-5-18-13-37-25(38-14-19(18)21)20-15-40-24(30-20)17-7-9-32(10-8-17)23(34)12-33-16(2)11-22(31-33)26(27,28)29/h4-6,11,15,17,25H,3,7-10,12-14H2,1-2H3. The number of aryl methyl sites for hydroxylation is 1. The average Bonchev–Trinajstić information content (AvgIpc) is 3.50. The van der Waals surface area contributed by atoms with Gasteiger partial charge in [0.15, 0.2) is 5.69 Å². The first kappa shape index (κ1) is 29.5. The summed E-state index contributed by atoms with van der Waals surface area (Å²) in [5, 5.41) is 6.30. The van der Waals surface area contributed by atoms with Gasteiger partial charge in [0.05, 0.1) is 24.0 Å². The lowest BCUT2D eigenvalue weighted by Gasteiger charge is -2.31. The highest BCUT2D eigenvalue weighted by atomic mass is 32.2. The van der Waals surface area contributed by atoms with Gasteiger partial charge in [0.1, 0.15) is 18.0 Å². The van der Waals surface area contributed by atoms with E-state index in [0.29, 0.717) is 37.2 Å². The van der Waals surface area contributed by atoms with E-state index in [1.807, 2.05) is 11.4 Å². The highest BCUT2D eigenvalue weighted by Gasteiger charge is 2.35. The fourth-order valence-corrected chi connectivity index (χ4v) is 6.28. The van der Waals surface area contributed by atoms with Gasteiger partial charge >= 0.3 is 16.3 Å². The lowest BCUT2D eigenvalue weighted by Crippen LogP contribution is -2.40. The number of thiazole rings is 1. The highest BCUT2D eigenvalue weighted by molar-refractivity contribution is 7.87. The van der Waals surface area contributed by atoms with E-state index in [9.17, 15) is 26.4 Å². The molecule has 1 fully saturated rings. The molecule has 1 unspecified atom stereocenters. The number of amides is 1. The summed E-state index contributed by atoms with van der Waals surface area (Å²) in [5.74, 6) is -0.100. The molecule has 41 heavy (non-hydrogen) atoms. The maximum Gasteiger partial charge on any atom is 0.435 e. The van der Waals surface area contributed by atoms with Gasteiger partial charge in [0, 0.05) is 35.6 Å². The number of fused-ring (bicyclic) bond motifs is 1. The van der Waals surface area contributed by atoms with Crippen LogP contribution in [0, 0.1) is 6.92 Å². The van der Waals surface area contributed by atoms with Crippen LogP contribution < -0.4 is 4.18 Å². The Morgan fingerprint density at radius 1 is 1.20 bits per heavy atom. The fourth-order valence-electron chi connectivity index (χ4n) is 4.74. The molecule has 1 saturated heterocycles. The molecule has 0 N–H and O–H groups in total. The Bertz CT molecular complexity index is 1510. The third kappa shape index (κ3) is 6.74. The monoisotopic (exact) mass is 614 g/mol. The average molecular weight is 615 g/mol. The molecule has 3 aromatic rings. The summed E-state index contributed by atoms with van der Waals surface area (Å²) in [5.41, 5.74) is 1.25. The molecule has 2 aliphatic rings. The zero-order valence-electron chi connectivity index (χ0n) is 22.4. The molecular weight excluding hydrogens is 585 g/mol. The number of aromatic nitrogens is 3. The Morgan fingerprint density at radius 3 is 2.61 bits per heavy atom. The van der Waals surface area contributed by atoms with Gasteiger partial charge < -0.3 is 18.6 Å². The summed E-state index contributed by atoms with van der Waals surface area (Å²) in [7, 11) is -3.70. The van der Waals surface area contributed by atoms with Crippen LogP contribution in [0.15, 0.2) is 29.6 Å². The number of rotatable bonds is 7. The molecule has 0 aliphatic carbocycles. The van der Waals surface area contributed by atoms with Crippen molar-refractivity contribution in [2.24, 2.45) is 0 Å². The van der Waals surface area contributed by atoms with E-state index in [2.05, 4.69) is 5.10 Å². The number of likely N-dealkylation sites (tertiary alicyclic amines) is 1. The molecule has 2 aromatic heterocycles. The first-order valence-corrected chi connectivity index (χ1v) is 15.5. The van der Waals surface area contributed by atoms with Crippen molar-refractivity contribution in [3.8, 4) is 5.75 Å². The Morgan fingerprint density at radius 2 is 1.93 bits per heavy atom. The number of hydrogen-bond acceptors (Lipinski definition) is 9. The molecule has 1 amide bonds. The minimum atomic E-state index is -4.56. The summed E-state index contributed by atoms with van der Waals surface area (Å²) in [4.78, 5) is 19.2. The number of benzene rings is 1. The number of carbonyl (C=O) groups excluding carboxylic acids is 1. The molecule has 1 atom stereocenters. The Labute approximate surface area is 239 Å². The zero-order chi connectivity index (χ0) is 29.4. The summed E-state index contributed by atoms with van der Waals surface area (Å²) in [6.45, 7) is 3.95. The second-order valence-electron chi connectivity index (χ2n) is 9.87. The number of hydrogen-bond donors (Lipinski definition) is 0. The van der Waals surface area contributed by atoms with E-state index in [4.69, 9.17) is 18.6 Å². The van der Waals surface area contributed by atoms with Gasteiger partial charge in [0.25, 0.3) is 0 Å². The van der Waals surface area contributed by atoms with Crippen LogP contribution in [0.3, 0.4) is 0 Å². The third-order valence-electron chi connectivity index (χ3n) is 7.10. The second-order valence-corrected chi connectivity index (χ2v) is 12.6. The van der Waals surface area contributed by atoms with Gasteiger partial charge in [-0.15, -0.1) is 11.3 Å². The topological polar surface area (TPSA) is 113 Å². The quantitative estimate of drug-likeness (QED) is 0.357. The molecule has 10 nitrogen and oxygen atoms in total. The lowest BCUT2D eigenvalue weighted by atomic mass is 9.97. The molecule has 1 aromatic carbocycles. The Kier molecular flexibility index (Phi) is 8.41. The van der Waals surface area contributed by atoms with E-state index in [1.165, 1.54) is 25.2 Å². The van der Waals surface area contributed by atoms with Crippen molar-refractivity contribution in [3.63, 3.8) is 0 Å². The summed E-state index contributed by atoms with van der Waals surface area (Å²) < 4.78 is 81.1. The summed E-state index contributed by atoms with van der Waals surface area (Å²) in [6, 6.07) is 6.06. The number of carbonyl (C=O) groups is 1. The lowest BCUT2D eigenvalue weighted by molar-refractivity contribution is -0.155. The first-order valence-electron chi connectivity index (χ1n) is 13.0. The smallest absolute Gasteiger partial charge is 0.382 e. The number of nitrogens with zero attached hydrogens (tertiary/aromatic N) is 4.